The Bertz CT molecular complexity index is 553. The van der Waals surface area contributed by atoms with Crippen LogP contribution in [0.25, 0.3) is 0 Å². The monoisotopic (exact) mass is 265 g/mol. The maximum absolute atomic E-state index is 10.4. The van der Waals surface area contributed by atoms with Crippen molar-refractivity contribution in [2.45, 2.75) is 4.90 Å². The molecule has 4 nitrogen and oxygen atoms in total. The average molecular weight is 265 g/mol. The number of anilines is 1. The fourth-order valence-electron chi connectivity index (χ4n) is 1.20. The summed E-state index contributed by atoms with van der Waals surface area (Å²) in [4.78, 5) is -0.0741. The van der Waals surface area contributed by atoms with E-state index in [1.165, 1.54) is 12.1 Å². The normalized spacial score (nSPS) is 10.1. The molecule has 0 saturated heterocycles. The van der Waals surface area contributed by atoms with Gasteiger partial charge in [-0.3, -0.25) is 4.55 Å². The molecule has 0 aromatic heterocycles. The van der Waals surface area contributed by atoms with E-state index in [0.717, 1.165) is 5.69 Å². The number of para-hydroxylation sites is 1. The van der Waals surface area contributed by atoms with Crippen LogP contribution in [0.2, 0.25) is 0 Å². The van der Waals surface area contributed by atoms with Gasteiger partial charge in [0.15, 0.2) is 0 Å². The number of rotatable bonds is 2. The molecule has 2 rings (SSSR count). The number of hydrogen-bond donors (Lipinski definition) is 2. The van der Waals surface area contributed by atoms with Gasteiger partial charge in [-0.25, -0.2) is 0 Å². The molecular weight excluding hydrogens is 250 g/mol. The Morgan fingerprint density at radius 3 is 1.61 bits per heavy atom. The fraction of sp³-hybridized carbons (Fsp3) is 0.0769. The largest absolute Gasteiger partial charge is 0.388 e. The highest BCUT2D eigenvalue weighted by atomic mass is 32.2. The molecule has 0 heterocycles. The summed E-state index contributed by atoms with van der Waals surface area (Å²) in [7, 11) is -2.09. The van der Waals surface area contributed by atoms with Gasteiger partial charge in [0, 0.05) is 12.7 Å². The highest BCUT2D eigenvalue weighted by Crippen LogP contribution is 2.05. The lowest BCUT2D eigenvalue weighted by Crippen LogP contribution is -1.96. The van der Waals surface area contributed by atoms with E-state index in [-0.39, 0.29) is 4.90 Å². The summed E-state index contributed by atoms with van der Waals surface area (Å²) in [6.07, 6.45) is 0. The van der Waals surface area contributed by atoms with Crippen LogP contribution in [0.4, 0.5) is 5.69 Å². The third-order valence-electron chi connectivity index (χ3n) is 2.10. The van der Waals surface area contributed by atoms with E-state index < -0.39 is 10.1 Å². The van der Waals surface area contributed by atoms with Crippen LogP contribution in [0.3, 0.4) is 0 Å². The van der Waals surface area contributed by atoms with Gasteiger partial charge in [0.25, 0.3) is 10.1 Å². The SMILES string of the molecule is CNc1ccccc1.O=S(=O)(O)c1ccccc1. The summed E-state index contributed by atoms with van der Waals surface area (Å²) < 4.78 is 29.2. The Balaban J connectivity index is 0.000000184. The smallest absolute Gasteiger partial charge is 0.294 e. The lowest BCUT2D eigenvalue weighted by Gasteiger charge is -1.94. The molecule has 0 amide bonds. The van der Waals surface area contributed by atoms with Gasteiger partial charge in [-0.15, -0.1) is 0 Å². The van der Waals surface area contributed by atoms with Crippen molar-refractivity contribution >= 4 is 15.8 Å². The summed E-state index contributed by atoms with van der Waals surface area (Å²) in [5, 5.41) is 3.03. The Morgan fingerprint density at radius 2 is 1.33 bits per heavy atom. The van der Waals surface area contributed by atoms with Gasteiger partial charge < -0.3 is 5.32 Å². The standard InChI is InChI=1S/C7H9N.C6H6O3S/c1-8-7-5-3-2-4-6-7;7-10(8,9)6-4-2-1-3-5-6/h2-6,8H,1H3;1-5H,(H,7,8,9). The van der Waals surface area contributed by atoms with Gasteiger partial charge in [0.2, 0.25) is 0 Å². The van der Waals surface area contributed by atoms with Crippen LogP contribution >= 0.6 is 0 Å². The van der Waals surface area contributed by atoms with Crippen molar-refractivity contribution in [1.29, 1.82) is 0 Å². The predicted molar refractivity (Wildman–Crippen MR) is 72.2 cm³/mol. The molecule has 0 aliphatic carbocycles. The summed E-state index contributed by atoms with van der Waals surface area (Å²) in [5.74, 6) is 0. The highest BCUT2D eigenvalue weighted by molar-refractivity contribution is 7.85. The molecule has 0 fully saturated rings. The molecule has 0 spiro atoms. The van der Waals surface area contributed by atoms with Crippen LogP contribution in [0.5, 0.6) is 0 Å². The van der Waals surface area contributed by atoms with Crippen molar-refractivity contribution in [3.05, 3.63) is 60.7 Å². The maximum atomic E-state index is 10.4. The van der Waals surface area contributed by atoms with Crippen LogP contribution in [0, 0.1) is 0 Å². The number of benzene rings is 2. The summed E-state index contributed by atoms with van der Waals surface area (Å²) in [6, 6.07) is 17.5. The van der Waals surface area contributed by atoms with E-state index in [0.29, 0.717) is 0 Å². The van der Waals surface area contributed by atoms with Crippen molar-refractivity contribution in [2.75, 3.05) is 12.4 Å². The molecule has 0 bridgehead atoms. The average Bonchev–Trinajstić information content (AvgIpc) is 2.40. The molecule has 2 aromatic carbocycles. The first kappa shape index (κ1) is 14.2. The predicted octanol–water partition coefficient (Wildman–Crippen LogP) is 2.66. The molecule has 0 atom stereocenters. The van der Waals surface area contributed by atoms with Crippen molar-refractivity contribution < 1.29 is 13.0 Å². The van der Waals surface area contributed by atoms with Crippen LogP contribution < -0.4 is 5.32 Å². The third kappa shape index (κ3) is 4.99. The van der Waals surface area contributed by atoms with E-state index in [9.17, 15) is 8.42 Å². The molecule has 2 N–H and O–H groups in total. The van der Waals surface area contributed by atoms with Gasteiger partial charge in [-0.2, -0.15) is 8.42 Å². The second-order valence-corrected chi connectivity index (χ2v) is 4.83. The van der Waals surface area contributed by atoms with E-state index in [1.54, 1.807) is 18.2 Å². The summed E-state index contributed by atoms with van der Waals surface area (Å²) in [5.41, 5.74) is 1.16. The molecule has 0 radical (unpaired) electrons. The lowest BCUT2D eigenvalue weighted by atomic mass is 10.3. The zero-order chi connectivity index (χ0) is 13.4. The first-order chi connectivity index (χ1) is 8.54. The molecule has 0 aliphatic heterocycles. The van der Waals surface area contributed by atoms with Gasteiger partial charge in [-0.05, 0) is 24.3 Å². The number of hydrogen-bond acceptors (Lipinski definition) is 3. The Kier molecular flexibility index (Phi) is 5.35. The Labute approximate surface area is 107 Å². The molecule has 0 unspecified atom stereocenters. The van der Waals surface area contributed by atoms with Crippen molar-refractivity contribution in [3.63, 3.8) is 0 Å². The summed E-state index contributed by atoms with van der Waals surface area (Å²) in [6.45, 7) is 0. The quantitative estimate of drug-likeness (QED) is 0.819. The van der Waals surface area contributed by atoms with Gasteiger partial charge in [-0.1, -0.05) is 36.4 Å². The molecular formula is C13H15NO3S. The Morgan fingerprint density at radius 1 is 0.889 bits per heavy atom. The third-order valence-corrected chi connectivity index (χ3v) is 2.97. The maximum Gasteiger partial charge on any atom is 0.294 e. The van der Waals surface area contributed by atoms with Gasteiger partial charge in [0.1, 0.15) is 0 Å². The van der Waals surface area contributed by atoms with Crippen LogP contribution in [-0.4, -0.2) is 20.0 Å². The Hall–Kier alpha value is -1.85. The molecule has 0 aliphatic rings. The minimum Gasteiger partial charge on any atom is -0.388 e. The van der Waals surface area contributed by atoms with Crippen molar-refractivity contribution in [1.82, 2.24) is 0 Å². The minimum atomic E-state index is -4.00. The second kappa shape index (κ2) is 6.78. The molecule has 18 heavy (non-hydrogen) atoms. The second-order valence-electron chi connectivity index (χ2n) is 3.40. The molecule has 96 valence electrons. The van der Waals surface area contributed by atoms with Gasteiger partial charge >= 0.3 is 0 Å². The lowest BCUT2D eigenvalue weighted by molar-refractivity contribution is 0.483. The number of nitrogens with one attached hydrogen (secondary N) is 1. The topological polar surface area (TPSA) is 66.4 Å². The van der Waals surface area contributed by atoms with E-state index >= 15 is 0 Å². The zero-order valence-electron chi connectivity index (χ0n) is 9.95. The highest BCUT2D eigenvalue weighted by Gasteiger charge is 2.05. The summed E-state index contributed by atoms with van der Waals surface area (Å²) >= 11 is 0. The van der Waals surface area contributed by atoms with Crippen molar-refractivity contribution in [3.8, 4) is 0 Å². The van der Waals surface area contributed by atoms with E-state index in [1.807, 2.05) is 37.4 Å². The van der Waals surface area contributed by atoms with E-state index in [4.69, 9.17) is 4.55 Å². The van der Waals surface area contributed by atoms with Crippen LogP contribution in [-0.2, 0) is 10.1 Å². The first-order valence-corrected chi connectivity index (χ1v) is 6.73. The zero-order valence-corrected chi connectivity index (χ0v) is 10.8. The van der Waals surface area contributed by atoms with E-state index in [2.05, 4.69) is 5.32 Å². The van der Waals surface area contributed by atoms with Crippen LogP contribution in [0.1, 0.15) is 0 Å². The minimum absolute atomic E-state index is 0.0741. The molecule has 2 aromatic rings. The molecule has 0 saturated carbocycles. The van der Waals surface area contributed by atoms with Crippen LogP contribution in [0.15, 0.2) is 65.6 Å². The first-order valence-electron chi connectivity index (χ1n) is 5.29. The molecule has 5 heteroatoms. The van der Waals surface area contributed by atoms with Gasteiger partial charge in [0.05, 0.1) is 4.90 Å². The fourth-order valence-corrected chi connectivity index (χ4v) is 1.70. The van der Waals surface area contributed by atoms with Crippen molar-refractivity contribution in [2.24, 2.45) is 0 Å².